The standard InChI is InChI=1S/C21H21Cl2N3O2S/c22-16-4-2-15(3-5-16)20(27)26(9-1-8-25-10-12-28-13-11-25)21-24-18-7-6-17(23)14-19(18)29-21/h2-7,14H,1,8-13H2. The van der Waals surface area contributed by atoms with Crippen LogP contribution in [0.15, 0.2) is 42.5 Å². The van der Waals surface area contributed by atoms with E-state index in [2.05, 4.69) is 9.88 Å². The van der Waals surface area contributed by atoms with E-state index in [-0.39, 0.29) is 5.91 Å². The van der Waals surface area contributed by atoms with Crippen LogP contribution in [0.25, 0.3) is 10.2 Å². The summed E-state index contributed by atoms with van der Waals surface area (Å²) in [6.07, 6.45) is 0.857. The van der Waals surface area contributed by atoms with E-state index in [1.165, 1.54) is 11.3 Å². The monoisotopic (exact) mass is 449 g/mol. The van der Waals surface area contributed by atoms with Gasteiger partial charge in [0.1, 0.15) is 0 Å². The average Bonchev–Trinajstić information content (AvgIpc) is 3.15. The molecule has 1 saturated heterocycles. The van der Waals surface area contributed by atoms with Gasteiger partial charge in [0.15, 0.2) is 5.13 Å². The van der Waals surface area contributed by atoms with Crippen molar-refractivity contribution in [2.45, 2.75) is 6.42 Å². The highest BCUT2D eigenvalue weighted by Gasteiger charge is 2.22. The number of ether oxygens (including phenoxy) is 1. The smallest absolute Gasteiger partial charge is 0.260 e. The van der Waals surface area contributed by atoms with Crippen LogP contribution in [0, 0.1) is 0 Å². The van der Waals surface area contributed by atoms with Crippen molar-refractivity contribution in [1.29, 1.82) is 0 Å². The maximum absolute atomic E-state index is 13.3. The van der Waals surface area contributed by atoms with Crippen molar-refractivity contribution in [3.8, 4) is 0 Å². The molecule has 1 aromatic heterocycles. The number of carbonyl (C=O) groups excluding carboxylic acids is 1. The first-order valence-corrected chi connectivity index (χ1v) is 11.1. The Kier molecular flexibility index (Phi) is 6.67. The van der Waals surface area contributed by atoms with Crippen molar-refractivity contribution < 1.29 is 9.53 Å². The SMILES string of the molecule is O=C(c1ccc(Cl)cc1)N(CCCN1CCOCC1)c1nc2ccc(Cl)cc2s1. The lowest BCUT2D eigenvalue weighted by molar-refractivity contribution is 0.0376. The molecule has 4 rings (SSSR count). The number of hydrogen-bond donors (Lipinski definition) is 0. The summed E-state index contributed by atoms with van der Waals surface area (Å²) in [6.45, 7) is 4.92. The summed E-state index contributed by atoms with van der Waals surface area (Å²) in [5, 5.41) is 1.95. The number of anilines is 1. The molecular formula is C21H21Cl2N3O2S. The minimum absolute atomic E-state index is 0.0752. The molecule has 0 aliphatic carbocycles. The molecule has 1 fully saturated rings. The van der Waals surface area contributed by atoms with E-state index in [0.717, 1.165) is 49.5 Å². The summed E-state index contributed by atoms with van der Waals surface area (Å²) in [6, 6.07) is 12.6. The Hall–Kier alpha value is -1.70. The number of benzene rings is 2. The average molecular weight is 450 g/mol. The molecule has 0 radical (unpaired) electrons. The normalized spacial score (nSPS) is 15.0. The highest BCUT2D eigenvalue weighted by atomic mass is 35.5. The number of halogens is 2. The van der Waals surface area contributed by atoms with Crippen molar-refractivity contribution in [1.82, 2.24) is 9.88 Å². The second-order valence-electron chi connectivity index (χ2n) is 6.88. The number of morpholine rings is 1. The van der Waals surface area contributed by atoms with Gasteiger partial charge < -0.3 is 4.74 Å². The van der Waals surface area contributed by atoms with Crippen molar-refractivity contribution in [3.63, 3.8) is 0 Å². The number of thiazole rings is 1. The molecule has 0 spiro atoms. The molecule has 1 aliphatic heterocycles. The topological polar surface area (TPSA) is 45.7 Å². The second kappa shape index (κ2) is 9.41. The van der Waals surface area contributed by atoms with Crippen LogP contribution >= 0.6 is 34.5 Å². The predicted molar refractivity (Wildman–Crippen MR) is 120 cm³/mol. The number of hydrogen-bond acceptors (Lipinski definition) is 5. The summed E-state index contributed by atoms with van der Waals surface area (Å²) in [5.41, 5.74) is 1.44. The zero-order valence-electron chi connectivity index (χ0n) is 15.8. The van der Waals surface area contributed by atoms with Gasteiger partial charge in [-0.25, -0.2) is 4.98 Å². The van der Waals surface area contributed by atoms with Gasteiger partial charge in [0, 0.05) is 41.8 Å². The minimum atomic E-state index is -0.0752. The fourth-order valence-electron chi connectivity index (χ4n) is 3.31. The summed E-state index contributed by atoms with van der Waals surface area (Å²) in [7, 11) is 0. The van der Waals surface area contributed by atoms with E-state index in [0.29, 0.717) is 27.3 Å². The molecule has 29 heavy (non-hydrogen) atoms. The van der Waals surface area contributed by atoms with Crippen LogP contribution in [0.1, 0.15) is 16.8 Å². The first kappa shape index (κ1) is 20.6. The van der Waals surface area contributed by atoms with Gasteiger partial charge in [-0.15, -0.1) is 0 Å². The van der Waals surface area contributed by atoms with Crippen molar-refractivity contribution >= 4 is 55.8 Å². The quantitative estimate of drug-likeness (QED) is 0.532. The van der Waals surface area contributed by atoms with Crippen molar-refractivity contribution in [3.05, 3.63) is 58.1 Å². The van der Waals surface area contributed by atoms with Gasteiger partial charge in [-0.1, -0.05) is 34.5 Å². The molecule has 1 aliphatic rings. The lowest BCUT2D eigenvalue weighted by atomic mass is 10.2. The van der Waals surface area contributed by atoms with Crippen LogP contribution in [0.5, 0.6) is 0 Å². The Labute approximate surface area is 183 Å². The Bertz CT molecular complexity index is 987. The molecule has 0 N–H and O–H groups in total. The van der Waals surface area contributed by atoms with Crippen LogP contribution < -0.4 is 4.90 Å². The third-order valence-electron chi connectivity index (χ3n) is 4.87. The van der Waals surface area contributed by atoms with Crippen LogP contribution in [0.2, 0.25) is 10.0 Å². The molecular weight excluding hydrogens is 429 g/mol. The van der Waals surface area contributed by atoms with E-state index in [1.807, 2.05) is 18.2 Å². The van der Waals surface area contributed by atoms with Gasteiger partial charge in [-0.3, -0.25) is 14.6 Å². The van der Waals surface area contributed by atoms with Gasteiger partial charge in [-0.2, -0.15) is 0 Å². The Morgan fingerprint density at radius 1 is 1.10 bits per heavy atom. The van der Waals surface area contributed by atoms with E-state index < -0.39 is 0 Å². The summed E-state index contributed by atoms with van der Waals surface area (Å²) in [4.78, 5) is 22.1. The molecule has 0 atom stereocenters. The number of aromatic nitrogens is 1. The Morgan fingerprint density at radius 2 is 1.83 bits per heavy atom. The number of fused-ring (bicyclic) bond motifs is 1. The summed E-state index contributed by atoms with van der Waals surface area (Å²) < 4.78 is 6.38. The highest BCUT2D eigenvalue weighted by Crippen LogP contribution is 2.31. The molecule has 152 valence electrons. The fraction of sp³-hybridized carbons (Fsp3) is 0.333. The number of nitrogens with zero attached hydrogens (tertiary/aromatic N) is 3. The third kappa shape index (κ3) is 5.08. The van der Waals surface area contributed by atoms with Gasteiger partial charge in [-0.05, 0) is 48.9 Å². The molecule has 1 amide bonds. The maximum Gasteiger partial charge on any atom is 0.260 e. The summed E-state index contributed by atoms with van der Waals surface area (Å²) in [5.74, 6) is -0.0752. The predicted octanol–water partition coefficient (Wildman–Crippen LogP) is 4.97. The summed E-state index contributed by atoms with van der Waals surface area (Å²) >= 11 is 13.6. The molecule has 2 heterocycles. The maximum atomic E-state index is 13.3. The molecule has 2 aromatic carbocycles. The van der Waals surface area contributed by atoms with E-state index in [4.69, 9.17) is 27.9 Å². The van der Waals surface area contributed by atoms with E-state index in [9.17, 15) is 4.79 Å². The van der Waals surface area contributed by atoms with Crippen LogP contribution in [-0.4, -0.2) is 55.2 Å². The van der Waals surface area contributed by atoms with Crippen LogP contribution in [0.4, 0.5) is 5.13 Å². The lowest BCUT2D eigenvalue weighted by Crippen LogP contribution is -2.39. The zero-order chi connectivity index (χ0) is 20.2. The largest absolute Gasteiger partial charge is 0.379 e. The zero-order valence-corrected chi connectivity index (χ0v) is 18.1. The van der Waals surface area contributed by atoms with Gasteiger partial charge in [0.25, 0.3) is 5.91 Å². The number of amides is 1. The fourth-order valence-corrected chi connectivity index (χ4v) is 4.70. The van der Waals surface area contributed by atoms with Gasteiger partial charge >= 0.3 is 0 Å². The molecule has 3 aromatic rings. The van der Waals surface area contributed by atoms with Crippen molar-refractivity contribution in [2.75, 3.05) is 44.3 Å². The Morgan fingerprint density at radius 3 is 2.59 bits per heavy atom. The first-order chi connectivity index (χ1) is 14.1. The third-order valence-corrected chi connectivity index (χ3v) is 6.39. The number of carbonyl (C=O) groups is 1. The Balaban J connectivity index is 1.56. The van der Waals surface area contributed by atoms with Gasteiger partial charge in [0.2, 0.25) is 0 Å². The first-order valence-electron chi connectivity index (χ1n) is 9.54. The van der Waals surface area contributed by atoms with Crippen molar-refractivity contribution in [2.24, 2.45) is 0 Å². The second-order valence-corrected chi connectivity index (χ2v) is 8.76. The molecule has 5 nitrogen and oxygen atoms in total. The van der Waals surface area contributed by atoms with Gasteiger partial charge in [0.05, 0.1) is 23.4 Å². The molecule has 8 heteroatoms. The highest BCUT2D eigenvalue weighted by molar-refractivity contribution is 7.22. The van der Waals surface area contributed by atoms with E-state index in [1.54, 1.807) is 29.2 Å². The molecule has 0 saturated carbocycles. The van der Waals surface area contributed by atoms with E-state index >= 15 is 0 Å². The lowest BCUT2D eigenvalue weighted by Gasteiger charge is -2.27. The number of rotatable bonds is 6. The van der Waals surface area contributed by atoms with Crippen LogP contribution in [0.3, 0.4) is 0 Å². The van der Waals surface area contributed by atoms with Crippen LogP contribution in [-0.2, 0) is 4.74 Å². The minimum Gasteiger partial charge on any atom is -0.379 e. The molecule has 0 unspecified atom stereocenters. The molecule has 0 bridgehead atoms.